The fourth-order valence-corrected chi connectivity index (χ4v) is 5.14. The van der Waals surface area contributed by atoms with E-state index < -0.39 is 12.5 Å². The third-order valence-electron chi connectivity index (χ3n) is 6.34. The van der Waals surface area contributed by atoms with Crippen molar-refractivity contribution in [2.45, 2.75) is 68.0 Å². The maximum Gasteiger partial charge on any atom is 0.522 e. The third kappa shape index (κ3) is 4.20. The summed E-state index contributed by atoms with van der Waals surface area (Å²) in [4.78, 5) is 16.2. The van der Waals surface area contributed by atoms with Crippen LogP contribution in [0.5, 0.6) is 0 Å². The second-order valence-electron chi connectivity index (χ2n) is 8.94. The van der Waals surface area contributed by atoms with Gasteiger partial charge in [-0.25, -0.2) is 0 Å². The Morgan fingerprint density at radius 2 is 2.00 bits per heavy atom. The number of carbonyl (C=O) groups excluding carboxylic acids is 1. The van der Waals surface area contributed by atoms with Crippen LogP contribution in [0.15, 0.2) is 22.9 Å². The van der Waals surface area contributed by atoms with E-state index in [-0.39, 0.29) is 48.8 Å². The average molecular weight is 473 g/mol. The van der Waals surface area contributed by atoms with Crippen molar-refractivity contribution < 1.29 is 31.9 Å². The van der Waals surface area contributed by atoms with Crippen LogP contribution in [0, 0.1) is 0 Å². The molecule has 2 heterocycles. The van der Waals surface area contributed by atoms with Gasteiger partial charge in [0.15, 0.2) is 0 Å². The van der Waals surface area contributed by atoms with Gasteiger partial charge in [-0.05, 0) is 43.7 Å². The molecule has 2 bridgehead atoms. The van der Waals surface area contributed by atoms with Crippen molar-refractivity contribution in [2.75, 3.05) is 6.61 Å². The molecule has 12 heteroatoms. The molecule has 0 unspecified atom stereocenters. The van der Waals surface area contributed by atoms with Crippen LogP contribution >= 0.6 is 11.6 Å². The lowest BCUT2D eigenvalue weighted by Crippen LogP contribution is -2.77. The van der Waals surface area contributed by atoms with Crippen LogP contribution in [-0.4, -0.2) is 45.7 Å². The molecule has 6 rings (SSSR count). The van der Waals surface area contributed by atoms with Crippen LogP contribution in [0.4, 0.5) is 13.2 Å². The third-order valence-corrected chi connectivity index (χ3v) is 6.54. The van der Waals surface area contributed by atoms with E-state index in [1.807, 2.05) is 0 Å². The highest BCUT2D eigenvalue weighted by Gasteiger charge is 2.71. The molecule has 4 saturated carbocycles. The minimum Gasteiger partial charge on any atom is -0.424 e. The lowest BCUT2D eigenvalue weighted by molar-refractivity contribution is -0.352. The summed E-state index contributed by atoms with van der Waals surface area (Å²) in [7, 11) is 0. The Kier molecular flexibility index (Phi) is 5.18. The van der Waals surface area contributed by atoms with Crippen molar-refractivity contribution in [3.05, 3.63) is 40.8 Å². The van der Waals surface area contributed by atoms with Crippen LogP contribution in [0.25, 0.3) is 0 Å². The number of nitrogens with zero attached hydrogens (tertiary/aromatic N) is 3. The first-order valence-electron chi connectivity index (χ1n) is 10.2. The van der Waals surface area contributed by atoms with E-state index in [9.17, 15) is 18.0 Å². The standard InChI is InChI=1S/C20H20ClF3N4O4/c21-13-1-11(4-25-5-13)6-30-7-15(29)26-19-8-18(9-19,10-19)17-28-27-16(31-17)12-2-14(3-12)32-20(22,23)24/h1,4-5,12,14H,2-3,6-10H2,(H,26,29)/t12-,14+,18?,19?. The molecule has 0 aliphatic heterocycles. The Labute approximate surface area is 185 Å². The zero-order chi connectivity index (χ0) is 22.6. The van der Waals surface area contributed by atoms with Crippen molar-refractivity contribution in [3.8, 4) is 0 Å². The van der Waals surface area contributed by atoms with Gasteiger partial charge in [0.1, 0.15) is 6.61 Å². The zero-order valence-electron chi connectivity index (χ0n) is 16.8. The van der Waals surface area contributed by atoms with Gasteiger partial charge in [0.05, 0.1) is 23.1 Å². The summed E-state index contributed by atoms with van der Waals surface area (Å²) in [5.41, 5.74) is 0.247. The van der Waals surface area contributed by atoms with Gasteiger partial charge in [-0.2, -0.15) is 0 Å². The summed E-state index contributed by atoms with van der Waals surface area (Å²) in [5.74, 6) is 0.434. The van der Waals surface area contributed by atoms with Gasteiger partial charge < -0.3 is 14.5 Å². The van der Waals surface area contributed by atoms with Gasteiger partial charge in [-0.15, -0.1) is 23.4 Å². The Balaban J connectivity index is 1.05. The van der Waals surface area contributed by atoms with Gasteiger partial charge >= 0.3 is 6.36 Å². The van der Waals surface area contributed by atoms with E-state index >= 15 is 0 Å². The second kappa shape index (κ2) is 7.67. The molecular formula is C20H20ClF3N4O4. The number of ether oxygens (including phenoxy) is 2. The second-order valence-corrected chi connectivity index (χ2v) is 9.38. The molecule has 2 aromatic rings. The SMILES string of the molecule is O=C(COCc1cncc(Cl)c1)NC12CC(c3nnc([C@H]4C[C@@H](OC(F)(F)F)C4)o3)(C1)C2. The van der Waals surface area contributed by atoms with Crippen molar-refractivity contribution in [3.63, 3.8) is 0 Å². The van der Waals surface area contributed by atoms with E-state index in [4.69, 9.17) is 20.8 Å². The van der Waals surface area contributed by atoms with E-state index in [1.54, 1.807) is 12.3 Å². The molecule has 0 aromatic carbocycles. The Morgan fingerprint density at radius 3 is 2.69 bits per heavy atom. The molecule has 4 aliphatic carbocycles. The fraction of sp³-hybridized carbons (Fsp3) is 0.600. The van der Waals surface area contributed by atoms with E-state index in [2.05, 4.69) is 25.2 Å². The Morgan fingerprint density at radius 1 is 1.25 bits per heavy atom. The van der Waals surface area contributed by atoms with Crippen LogP contribution in [0.2, 0.25) is 5.02 Å². The number of alkyl halides is 3. The number of nitrogens with one attached hydrogen (secondary N) is 1. The topological polar surface area (TPSA) is 99.4 Å². The Bertz CT molecular complexity index is 1000. The van der Waals surface area contributed by atoms with Gasteiger partial charge in [0.25, 0.3) is 0 Å². The van der Waals surface area contributed by atoms with Gasteiger partial charge in [0.2, 0.25) is 17.7 Å². The molecule has 0 atom stereocenters. The quantitative estimate of drug-likeness (QED) is 0.628. The lowest BCUT2D eigenvalue weighted by atomic mass is 9.39. The molecule has 0 saturated heterocycles. The largest absolute Gasteiger partial charge is 0.522 e. The molecule has 2 aromatic heterocycles. The monoisotopic (exact) mass is 472 g/mol. The summed E-state index contributed by atoms with van der Waals surface area (Å²) in [5, 5.41) is 11.7. The Hall–Kier alpha value is -2.24. The molecule has 0 spiro atoms. The number of halogens is 4. The van der Waals surface area contributed by atoms with Crippen molar-refractivity contribution in [1.82, 2.24) is 20.5 Å². The number of hydrogen-bond donors (Lipinski definition) is 1. The summed E-state index contributed by atoms with van der Waals surface area (Å²) >= 11 is 5.87. The van der Waals surface area contributed by atoms with Crippen molar-refractivity contribution >= 4 is 17.5 Å². The molecule has 0 radical (unpaired) electrons. The summed E-state index contributed by atoms with van der Waals surface area (Å²) in [6.45, 7) is 0.160. The van der Waals surface area contributed by atoms with Crippen molar-refractivity contribution in [1.29, 1.82) is 0 Å². The molecule has 172 valence electrons. The number of rotatable bonds is 8. The number of carbonyl (C=O) groups is 1. The first kappa shape index (κ1) is 21.6. The van der Waals surface area contributed by atoms with E-state index in [1.165, 1.54) is 6.20 Å². The molecule has 1 amide bonds. The highest BCUT2D eigenvalue weighted by atomic mass is 35.5. The van der Waals surface area contributed by atoms with Gasteiger partial charge in [-0.1, -0.05) is 11.6 Å². The predicted molar refractivity (Wildman–Crippen MR) is 103 cm³/mol. The van der Waals surface area contributed by atoms with Crippen LogP contribution in [0.1, 0.15) is 55.4 Å². The van der Waals surface area contributed by atoms with Crippen LogP contribution in [0.3, 0.4) is 0 Å². The fourth-order valence-electron chi connectivity index (χ4n) is 4.94. The highest BCUT2D eigenvalue weighted by molar-refractivity contribution is 6.30. The normalized spacial score (nSPS) is 30.8. The van der Waals surface area contributed by atoms with E-state index in [0.717, 1.165) is 5.56 Å². The molecule has 1 N–H and O–H groups in total. The zero-order valence-corrected chi connectivity index (χ0v) is 17.6. The molecule has 4 aliphatic rings. The maximum absolute atomic E-state index is 12.2. The summed E-state index contributed by atoms with van der Waals surface area (Å²) in [6, 6.07) is 1.73. The number of aromatic nitrogens is 3. The first-order chi connectivity index (χ1) is 15.1. The minimum atomic E-state index is -4.63. The van der Waals surface area contributed by atoms with Gasteiger partial charge in [-0.3, -0.25) is 14.5 Å². The molecule has 32 heavy (non-hydrogen) atoms. The van der Waals surface area contributed by atoms with Crippen molar-refractivity contribution in [2.24, 2.45) is 0 Å². The molecule has 4 fully saturated rings. The predicted octanol–water partition coefficient (Wildman–Crippen LogP) is 3.41. The smallest absolute Gasteiger partial charge is 0.424 e. The number of hydrogen-bond acceptors (Lipinski definition) is 7. The van der Waals surface area contributed by atoms with Crippen LogP contribution in [-0.2, 0) is 26.3 Å². The highest BCUT2D eigenvalue weighted by Crippen LogP contribution is 2.67. The van der Waals surface area contributed by atoms with Crippen LogP contribution < -0.4 is 5.32 Å². The van der Waals surface area contributed by atoms with Gasteiger partial charge in [0, 0.05) is 23.9 Å². The molecule has 8 nitrogen and oxygen atoms in total. The average Bonchev–Trinajstić information content (AvgIpc) is 3.08. The maximum atomic E-state index is 12.2. The number of amides is 1. The first-order valence-corrected chi connectivity index (χ1v) is 10.6. The lowest BCUT2D eigenvalue weighted by Gasteiger charge is -2.68. The summed E-state index contributed by atoms with van der Waals surface area (Å²) in [6.07, 6.45) is 0.147. The summed E-state index contributed by atoms with van der Waals surface area (Å²) < 4.78 is 51.9. The number of pyridine rings is 1. The molecular weight excluding hydrogens is 453 g/mol. The van der Waals surface area contributed by atoms with E-state index in [0.29, 0.717) is 36.1 Å². The minimum absolute atomic E-state index is 0.0746.